The number of aliphatic hydroxyl groups excluding tert-OH is 1. The number of hydrogen-bond acceptors (Lipinski definition) is 6. The number of hydrogen-bond donors (Lipinski definition) is 1. The second kappa shape index (κ2) is 9.12. The molecule has 0 spiro atoms. The average Bonchev–Trinajstić information content (AvgIpc) is 2.46. The van der Waals surface area contributed by atoms with Crippen LogP contribution in [0.1, 0.15) is 39.0 Å². The molecular formula is C15H26O6. The minimum Gasteiger partial charge on any atom is -0.465 e. The van der Waals surface area contributed by atoms with Gasteiger partial charge in [-0.2, -0.15) is 0 Å². The Morgan fingerprint density at radius 2 is 2.14 bits per heavy atom. The highest BCUT2D eigenvalue weighted by molar-refractivity contribution is 6.04. The van der Waals surface area contributed by atoms with E-state index in [-0.39, 0.29) is 25.4 Å². The zero-order valence-electron chi connectivity index (χ0n) is 12.9. The van der Waals surface area contributed by atoms with E-state index in [9.17, 15) is 14.7 Å². The maximum absolute atomic E-state index is 12.3. The van der Waals surface area contributed by atoms with E-state index in [0.29, 0.717) is 26.1 Å². The average molecular weight is 302 g/mol. The highest BCUT2D eigenvalue weighted by Gasteiger charge is 2.48. The van der Waals surface area contributed by atoms with Crippen molar-refractivity contribution in [2.24, 2.45) is 5.41 Å². The molecule has 21 heavy (non-hydrogen) atoms. The quantitative estimate of drug-likeness (QED) is 0.390. The van der Waals surface area contributed by atoms with Crippen molar-refractivity contribution in [1.29, 1.82) is 0 Å². The van der Waals surface area contributed by atoms with Gasteiger partial charge in [0.25, 0.3) is 0 Å². The smallest absolute Gasteiger partial charge is 0.319 e. The van der Waals surface area contributed by atoms with E-state index in [0.717, 1.165) is 12.8 Å². The molecule has 1 aliphatic carbocycles. The monoisotopic (exact) mass is 302 g/mol. The number of Topliss-reactive ketones (excluding diaryl/α,β-unsaturated/α-hetero) is 1. The third-order valence-corrected chi connectivity index (χ3v) is 3.78. The van der Waals surface area contributed by atoms with Gasteiger partial charge in [-0.05, 0) is 26.2 Å². The van der Waals surface area contributed by atoms with Crippen LogP contribution in [-0.2, 0) is 23.8 Å². The summed E-state index contributed by atoms with van der Waals surface area (Å²) in [5.74, 6) is -0.631. The summed E-state index contributed by atoms with van der Waals surface area (Å²) < 4.78 is 15.2. The number of ketones is 1. The molecule has 1 fully saturated rings. The first-order chi connectivity index (χ1) is 10.1. The van der Waals surface area contributed by atoms with Crippen LogP contribution in [0.15, 0.2) is 0 Å². The highest BCUT2D eigenvalue weighted by atomic mass is 16.5. The third-order valence-electron chi connectivity index (χ3n) is 3.78. The van der Waals surface area contributed by atoms with Gasteiger partial charge < -0.3 is 19.3 Å². The second-order valence-corrected chi connectivity index (χ2v) is 5.36. The number of carbonyl (C=O) groups excluding carboxylic acids is 2. The number of esters is 1. The van der Waals surface area contributed by atoms with E-state index in [4.69, 9.17) is 14.2 Å². The summed E-state index contributed by atoms with van der Waals surface area (Å²) >= 11 is 0. The number of carbonyl (C=O) groups is 2. The van der Waals surface area contributed by atoms with Gasteiger partial charge in [0.05, 0.1) is 32.5 Å². The minimum atomic E-state index is -1.20. The summed E-state index contributed by atoms with van der Waals surface area (Å²) in [7, 11) is 1.57. The first-order valence-electron chi connectivity index (χ1n) is 7.52. The van der Waals surface area contributed by atoms with Crippen molar-refractivity contribution < 1.29 is 28.9 Å². The van der Waals surface area contributed by atoms with Gasteiger partial charge in [0.15, 0.2) is 0 Å². The Morgan fingerprint density at radius 3 is 2.76 bits per heavy atom. The van der Waals surface area contributed by atoms with Gasteiger partial charge in [0.1, 0.15) is 11.2 Å². The molecule has 2 unspecified atom stereocenters. The van der Waals surface area contributed by atoms with Crippen molar-refractivity contribution in [2.75, 3.05) is 33.5 Å². The first kappa shape index (κ1) is 18.1. The summed E-state index contributed by atoms with van der Waals surface area (Å²) in [5.41, 5.74) is -1.20. The Balaban J connectivity index is 2.64. The predicted molar refractivity (Wildman–Crippen MR) is 75.9 cm³/mol. The van der Waals surface area contributed by atoms with E-state index in [1.165, 1.54) is 0 Å². The van der Waals surface area contributed by atoms with Crippen LogP contribution in [0.4, 0.5) is 0 Å². The van der Waals surface area contributed by atoms with Crippen LogP contribution in [0, 0.1) is 5.41 Å². The fourth-order valence-corrected chi connectivity index (χ4v) is 2.70. The van der Waals surface area contributed by atoms with Crippen LogP contribution >= 0.6 is 0 Å². The molecule has 1 N–H and O–H groups in total. The zero-order chi connectivity index (χ0) is 15.7. The summed E-state index contributed by atoms with van der Waals surface area (Å²) in [6.07, 6.45) is 1.60. The summed E-state index contributed by atoms with van der Waals surface area (Å²) in [6, 6.07) is 0. The standard InChI is InChI=1S/C15H26O6/c1-3-21-14(18)15(7-5-4-6-13(15)17)10-12(16)11-20-9-8-19-2/h12,16H,3-11H2,1-2H3. The molecule has 0 amide bonds. The normalized spacial score (nSPS) is 23.9. The molecule has 122 valence electrons. The molecule has 0 aromatic heterocycles. The van der Waals surface area contributed by atoms with E-state index in [1.807, 2.05) is 0 Å². The molecule has 6 heteroatoms. The Hall–Kier alpha value is -0.980. The lowest BCUT2D eigenvalue weighted by molar-refractivity contribution is -0.165. The maximum Gasteiger partial charge on any atom is 0.319 e. The summed E-state index contributed by atoms with van der Waals surface area (Å²) in [5, 5.41) is 10.1. The van der Waals surface area contributed by atoms with Crippen molar-refractivity contribution in [1.82, 2.24) is 0 Å². The van der Waals surface area contributed by atoms with Gasteiger partial charge in [-0.15, -0.1) is 0 Å². The molecule has 6 nitrogen and oxygen atoms in total. The molecular weight excluding hydrogens is 276 g/mol. The van der Waals surface area contributed by atoms with Gasteiger partial charge in [-0.3, -0.25) is 9.59 Å². The van der Waals surface area contributed by atoms with Crippen molar-refractivity contribution in [2.45, 2.75) is 45.1 Å². The van der Waals surface area contributed by atoms with Crippen LogP contribution < -0.4 is 0 Å². The summed E-state index contributed by atoms with van der Waals surface area (Å²) in [4.78, 5) is 24.5. The van der Waals surface area contributed by atoms with Gasteiger partial charge in [-0.25, -0.2) is 0 Å². The number of ether oxygens (including phenoxy) is 3. The van der Waals surface area contributed by atoms with Crippen molar-refractivity contribution in [3.05, 3.63) is 0 Å². The molecule has 2 atom stereocenters. The van der Waals surface area contributed by atoms with E-state index in [2.05, 4.69) is 0 Å². The molecule has 0 aliphatic heterocycles. The van der Waals surface area contributed by atoms with Crippen molar-refractivity contribution >= 4 is 11.8 Å². The van der Waals surface area contributed by atoms with Crippen molar-refractivity contribution in [3.8, 4) is 0 Å². The fraction of sp³-hybridized carbons (Fsp3) is 0.867. The lowest BCUT2D eigenvalue weighted by Crippen LogP contribution is -2.46. The number of aliphatic hydroxyl groups is 1. The topological polar surface area (TPSA) is 82.1 Å². The molecule has 0 saturated heterocycles. The maximum atomic E-state index is 12.3. The van der Waals surface area contributed by atoms with Gasteiger partial charge in [0, 0.05) is 13.5 Å². The molecule has 0 bridgehead atoms. The van der Waals surface area contributed by atoms with Crippen LogP contribution in [0.3, 0.4) is 0 Å². The first-order valence-corrected chi connectivity index (χ1v) is 7.52. The van der Waals surface area contributed by atoms with E-state index < -0.39 is 17.5 Å². The predicted octanol–water partition coefficient (Wildman–Crippen LogP) is 1.09. The lowest BCUT2D eigenvalue weighted by atomic mass is 9.69. The zero-order valence-corrected chi connectivity index (χ0v) is 12.9. The number of methoxy groups -OCH3 is 1. The molecule has 0 aromatic rings. The Labute approximate surface area is 125 Å². The Morgan fingerprint density at radius 1 is 1.38 bits per heavy atom. The molecule has 0 radical (unpaired) electrons. The van der Waals surface area contributed by atoms with Gasteiger partial charge in [-0.1, -0.05) is 6.42 Å². The fourth-order valence-electron chi connectivity index (χ4n) is 2.70. The van der Waals surface area contributed by atoms with Crippen molar-refractivity contribution in [3.63, 3.8) is 0 Å². The molecule has 0 aromatic carbocycles. The lowest BCUT2D eigenvalue weighted by Gasteiger charge is -2.34. The Bertz CT molecular complexity index is 343. The highest BCUT2D eigenvalue weighted by Crippen LogP contribution is 2.38. The SMILES string of the molecule is CCOC(=O)C1(CC(O)COCCOC)CCCCC1=O. The van der Waals surface area contributed by atoms with Crippen LogP contribution in [0.25, 0.3) is 0 Å². The second-order valence-electron chi connectivity index (χ2n) is 5.36. The minimum absolute atomic E-state index is 0.0671. The van der Waals surface area contributed by atoms with E-state index in [1.54, 1.807) is 14.0 Å². The summed E-state index contributed by atoms with van der Waals surface area (Å²) in [6.45, 7) is 2.83. The molecule has 1 rings (SSSR count). The van der Waals surface area contributed by atoms with Gasteiger partial charge >= 0.3 is 5.97 Å². The van der Waals surface area contributed by atoms with E-state index >= 15 is 0 Å². The van der Waals surface area contributed by atoms with Crippen LogP contribution in [-0.4, -0.2) is 56.5 Å². The largest absolute Gasteiger partial charge is 0.465 e. The van der Waals surface area contributed by atoms with Gasteiger partial charge in [0.2, 0.25) is 0 Å². The molecule has 1 saturated carbocycles. The van der Waals surface area contributed by atoms with Crippen LogP contribution in [0.2, 0.25) is 0 Å². The third kappa shape index (κ3) is 5.05. The number of rotatable bonds is 9. The molecule has 0 heterocycles. The Kier molecular flexibility index (Phi) is 7.85. The van der Waals surface area contributed by atoms with Crippen LogP contribution in [0.5, 0.6) is 0 Å². The molecule has 1 aliphatic rings.